The van der Waals surface area contributed by atoms with E-state index in [4.69, 9.17) is 10.5 Å². The average Bonchev–Trinajstić information content (AvgIpc) is 2.35. The van der Waals surface area contributed by atoms with Crippen molar-refractivity contribution in [2.45, 2.75) is 19.9 Å². The fraction of sp³-hybridized carbons (Fsp3) is 0.538. The van der Waals surface area contributed by atoms with Crippen LogP contribution in [0.4, 0.5) is 0 Å². The fourth-order valence-corrected chi connectivity index (χ4v) is 1.90. The van der Waals surface area contributed by atoms with Gasteiger partial charge in [-0.05, 0) is 31.2 Å². The molecule has 0 fully saturated rings. The second-order valence-electron chi connectivity index (χ2n) is 3.87. The molecule has 0 aliphatic rings. The largest absolute Gasteiger partial charge is 0.497 e. The monoisotopic (exact) mass is 222 g/mol. The molecule has 90 valence electrons. The van der Waals surface area contributed by atoms with Crippen molar-refractivity contribution in [3.63, 3.8) is 0 Å². The van der Waals surface area contributed by atoms with Gasteiger partial charge in [0.15, 0.2) is 0 Å². The van der Waals surface area contributed by atoms with E-state index in [1.807, 2.05) is 12.1 Å². The summed E-state index contributed by atoms with van der Waals surface area (Å²) in [5.41, 5.74) is 6.88. The third-order valence-electron chi connectivity index (χ3n) is 2.95. The van der Waals surface area contributed by atoms with Crippen LogP contribution in [-0.4, -0.2) is 31.6 Å². The van der Waals surface area contributed by atoms with E-state index in [1.54, 1.807) is 7.11 Å². The molecule has 0 amide bonds. The van der Waals surface area contributed by atoms with Crippen LogP contribution in [0.2, 0.25) is 0 Å². The van der Waals surface area contributed by atoms with Gasteiger partial charge in [-0.1, -0.05) is 19.1 Å². The predicted octanol–water partition coefficient (Wildman–Crippen LogP) is 2.04. The van der Waals surface area contributed by atoms with Gasteiger partial charge in [-0.15, -0.1) is 0 Å². The topological polar surface area (TPSA) is 38.5 Å². The summed E-state index contributed by atoms with van der Waals surface area (Å²) in [6.45, 7) is 6.99. The van der Waals surface area contributed by atoms with Crippen LogP contribution in [0, 0.1) is 0 Å². The van der Waals surface area contributed by atoms with Crippen molar-refractivity contribution in [1.29, 1.82) is 0 Å². The summed E-state index contributed by atoms with van der Waals surface area (Å²) in [6.07, 6.45) is 0. The van der Waals surface area contributed by atoms with Crippen molar-refractivity contribution in [2.75, 3.05) is 26.7 Å². The second-order valence-corrected chi connectivity index (χ2v) is 3.87. The maximum Gasteiger partial charge on any atom is 0.119 e. The summed E-state index contributed by atoms with van der Waals surface area (Å²) >= 11 is 0. The highest BCUT2D eigenvalue weighted by Gasteiger charge is 2.13. The first-order chi connectivity index (χ1) is 7.72. The quantitative estimate of drug-likeness (QED) is 0.800. The van der Waals surface area contributed by atoms with Crippen LogP contribution in [-0.2, 0) is 0 Å². The summed E-state index contributed by atoms with van der Waals surface area (Å²) < 4.78 is 5.24. The normalized spacial score (nSPS) is 12.8. The van der Waals surface area contributed by atoms with Crippen molar-refractivity contribution >= 4 is 0 Å². The number of hydrogen-bond donors (Lipinski definition) is 1. The molecule has 3 nitrogen and oxygen atoms in total. The number of methoxy groups -OCH3 is 1. The number of benzene rings is 1. The van der Waals surface area contributed by atoms with Gasteiger partial charge in [-0.3, -0.25) is 4.90 Å². The average molecular weight is 222 g/mol. The van der Waals surface area contributed by atoms with Crippen molar-refractivity contribution in [3.8, 4) is 5.75 Å². The van der Waals surface area contributed by atoms with E-state index in [0.717, 1.165) is 18.8 Å². The molecule has 1 atom stereocenters. The molecule has 0 bridgehead atoms. The Labute approximate surface area is 98.2 Å². The minimum Gasteiger partial charge on any atom is -0.497 e. The molecule has 0 spiro atoms. The van der Waals surface area contributed by atoms with Gasteiger partial charge in [0.1, 0.15) is 5.75 Å². The summed E-state index contributed by atoms with van der Waals surface area (Å²) in [5, 5.41) is 0. The van der Waals surface area contributed by atoms with Crippen molar-refractivity contribution in [3.05, 3.63) is 29.8 Å². The van der Waals surface area contributed by atoms with Crippen LogP contribution in [0.3, 0.4) is 0 Å². The molecule has 16 heavy (non-hydrogen) atoms. The minimum atomic E-state index is 0.378. The van der Waals surface area contributed by atoms with E-state index < -0.39 is 0 Å². The highest BCUT2D eigenvalue weighted by molar-refractivity contribution is 5.30. The minimum absolute atomic E-state index is 0.378. The standard InChI is InChI=1S/C13H22N2O/c1-4-15(9-8-14)11(2)12-6-5-7-13(10-12)16-3/h5-7,10-11H,4,8-9,14H2,1-3H3. The van der Waals surface area contributed by atoms with Crippen molar-refractivity contribution in [1.82, 2.24) is 4.90 Å². The second kappa shape index (κ2) is 6.51. The smallest absolute Gasteiger partial charge is 0.119 e. The van der Waals surface area contributed by atoms with E-state index in [-0.39, 0.29) is 0 Å². The lowest BCUT2D eigenvalue weighted by atomic mass is 10.1. The van der Waals surface area contributed by atoms with Crippen LogP contribution in [0.25, 0.3) is 0 Å². The van der Waals surface area contributed by atoms with Crippen LogP contribution in [0.1, 0.15) is 25.5 Å². The Hall–Kier alpha value is -1.06. The number of nitrogens with zero attached hydrogens (tertiary/aromatic N) is 1. The Morgan fingerprint density at radius 1 is 1.44 bits per heavy atom. The lowest BCUT2D eigenvalue weighted by Gasteiger charge is -2.27. The van der Waals surface area contributed by atoms with Crippen LogP contribution >= 0.6 is 0 Å². The molecule has 3 heteroatoms. The maximum absolute atomic E-state index is 5.61. The van der Waals surface area contributed by atoms with Gasteiger partial charge in [0, 0.05) is 19.1 Å². The highest BCUT2D eigenvalue weighted by Crippen LogP contribution is 2.23. The van der Waals surface area contributed by atoms with Gasteiger partial charge in [0.2, 0.25) is 0 Å². The molecule has 0 saturated carbocycles. The van der Waals surface area contributed by atoms with Crippen LogP contribution in [0.5, 0.6) is 5.75 Å². The van der Waals surface area contributed by atoms with E-state index in [2.05, 4.69) is 30.9 Å². The molecule has 0 aliphatic heterocycles. The van der Waals surface area contributed by atoms with Gasteiger partial charge in [0.05, 0.1) is 7.11 Å². The molecule has 1 aromatic carbocycles. The van der Waals surface area contributed by atoms with Gasteiger partial charge < -0.3 is 10.5 Å². The first kappa shape index (κ1) is 13.0. The van der Waals surface area contributed by atoms with Crippen molar-refractivity contribution < 1.29 is 4.74 Å². The first-order valence-electron chi connectivity index (χ1n) is 5.81. The molecule has 2 N–H and O–H groups in total. The summed E-state index contributed by atoms with van der Waals surface area (Å²) in [7, 11) is 1.70. The van der Waals surface area contributed by atoms with E-state index >= 15 is 0 Å². The number of likely N-dealkylation sites (N-methyl/N-ethyl adjacent to an activating group) is 1. The zero-order valence-corrected chi connectivity index (χ0v) is 10.4. The molecule has 0 saturated heterocycles. The third kappa shape index (κ3) is 3.22. The van der Waals surface area contributed by atoms with Gasteiger partial charge >= 0.3 is 0 Å². The molecule has 1 unspecified atom stereocenters. The Morgan fingerprint density at radius 3 is 2.75 bits per heavy atom. The fourth-order valence-electron chi connectivity index (χ4n) is 1.90. The molecular weight excluding hydrogens is 200 g/mol. The summed E-state index contributed by atoms with van der Waals surface area (Å²) in [5.74, 6) is 0.910. The Balaban J connectivity index is 2.80. The number of hydrogen-bond acceptors (Lipinski definition) is 3. The Morgan fingerprint density at radius 2 is 2.19 bits per heavy atom. The molecule has 1 rings (SSSR count). The SMILES string of the molecule is CCN(CCN)C(C)c1cccc(OC)c1. The zero-order chi connectivity index (χ0) is 12.0. The predicted molar refractivity (Wildman–Crippen MR) is 67.7 cm³/mol. The lowest BCUT2D eigenvalue weighted by molar-refractivity contribution is 0.228. The Kier molecular flexibility index (Phi) is 5.29. The number of ether oxygens (including phenoxy) is 1. The highest BCUT2D eigenvalue weighted by atomic mass is 16.5. The van der Waals surface area contributed by atoms with Crippen LogP contribution < -0.4 is 10.5 Å². The molecule has 1 aromatic rings. The molecular formula is C13H22N2O. The molecule has 0 aromatic heterocycles. The summed E-state index contributed by atoms with van der Waals surface area (Å²) in [4.78, 5) is 2.36. The molecule has 0 aliphatic carbocycles. The Bertz CT molecular complexity index is 315. The van der Waals surface area contributed by atoms with Gasteiger partial charge in [-0.2, -0.15) is 0 Å². The van der Waals surface area contributed by atoms with Crippen LogP contribution in [0.15, 0.2) is 24.3 Å². The third-order valence-corrected chi connectivity index (χ3v) is 2.95. The van der Waals surface area contributed by atoms with E-state index in [0.29, 0.717) is 12.6 Å². The van der Waals surface area contributed by atoms with Crippen molar-refractivity contribution in [2.24, 2.45) is 5.73 Å². The molecule has 0 heterocycles. The first-order valence-corrected chi connectivity index (χ1v) is 5.81. The number of nitrogens with two attached hydrogens (primary N) is 1. The lowest BCUT2D eigenvalue weighted by Crippen LogP contribution is -2.31. The van der Waals surface area contributed by atoms with Gasteiger partial charge in [0.25, 0.3) is 0 Å². The van der Waals surface area contributed by atoms with E-state index in [1.165, 1.54) is 5.56 Å². The van der Waals surface area contributed by atoms with E-state index in [9.17, 15) is 0 Å². The zero-order valence-electron chi connectivity index (χ0n) is 10.4. The van der Waals surface area contributed by atoms with Gasteiger partial charge in [-0.25, -0.2) is 0 Å². The maximum atomic E-state index is 5.61. The summed E-state index contributed by atoms with van der Waals surface area (Å²) in [6, 6.07) is 8.59. The number of rotatable bonds is 6. The molecule has 0 radical (unpaired) electrons.